The van der Waals surface area contributed by atoms with Crippen LogP contribution < -0.4 is 5.32 Å². The number of aromatic nitrogens is 2. The van der Waals surface area contributed by atoms with Gasteiger partial charge in [-0.15, -0.1) is 0 Å². The number of carbonyl (C=O) groups is 1. The van der Waals surface area contributed by atoms with E-state index in [-0.39, 0.29) is 5.91 Å². The van der Waals surface area contributed by atoms with E-state index >= 15 is 0 Å². The number of hydrogen-bond acceptors (Lipinski definition) is 3. The normalized spacial score (nSPS) is 18.2. The lowest BCUT2D eigenvalue weighted by atomic mass is 10.1. The number of anilines is 1. The van der Waals surface area contributed by atoms with Crippen molar-refractivity contribution in [3.63, 3.8) is 0 Å². The van der Waals surface area contributed by atoms with Crippen molar-refractivity contribution in [2.24, 2.45) is 5.92 Å². The predicted octanol–water partition coefficient (Wildman–Crippen LogP) is 2.61. The zero-order valence-corrected chi connectivity index (χ0v) is 11.8. The van der Waals surface area contributed by atoms with Crippen LogP contribution in [0.4, 0.5) is 5.69 Å². The quantitative estimate of drug-likeness (QED) is 0.890. The Bertz CT molecular complexity index is 411. The predicted molar refractivity (Wildman–Crippen MR) is 74.0 cm³/mol. The molecule has 1 fully saturated rings. The minimum Gasteiger partial charge on any atom is -0.381 e. The summed E-state index contributed by atoms with van der Waals surface area (Å²) in [6.07, 6.45) is 7.21. The lowest BCUT2D eigenvalue weighted by Crippen LogP contribution is -2.20. The first-order valence-corrected chi connectivity index (χ1v) is 7.10. The monoisotopic (exact) mass is 265 g/mol. The van der Waals surface area contributed by atoms with Crippen molar-refractivity contribution in [1.82, 2.24) is 9.78 Å². The molecule has 1 amide bonds. The molecule has 2 heterocycles. The second-order valence-corrected chi connectivity index (χ2v) is 5.32. The highest BCUT2D eigenvalue weighted by Gasteiger charge is 2.17. The Hall–Kier alpha value is -1.36. The molecule has 1 atom stereocenters. The van der Waals surface area contributed by atoms with Crippen LogP contribution in [0.3, 0.4) is 0 Å². The molecule has 0 aliphatic carbocycles. The van der Waals surface area contributed by atoms with Crippen molar-refractivity contribution in [3.05, 3.63) is 12.4 Å². The van der Waals surface area contributed by atoms with E-state index in [4.69, 9.17) is 4.74 Å². The van der Waals surface area contributed by atoms with Crippen molar-refractivity contribution in [3.8, 4) is 0 Å². The van der Waals surface area contributed by atoms with Crippen molar-refractivity contribution < 1.29 is 9.53 Å². The second-order valence-electron chi connectivity index (χ2n) is 5.32. The van der Waals surface area contributed by atoms with Gasteiger partial charge < -0.3 is 10.1 Å². The molecule has 1 aromatic rings. The van der Waals surface area contributed by atoms with Gasteiger partial charge in [0, 0.05) is 25.8 Å². The summed E-state index contributed by atoms with van der Waals surface area (Å²) in [5.41, 5.74) is 0.791. The van der Waals surface area contributed by atoms with Crippen molar-refractivity contribution >= 4 is 11.6 Å². The minimum absolute atomic E-state index is 0.0703. The fourth-order valence-electron chi connectivity index (χ4n) is 2.22. The topological polar surface area (TPSA) is 56.2 Å². The first kappa shape index (κ1) is 14.1. The number of hydrogen-bond donors (Lipinski definition) is 1. The number of rotatable bonds is 5. The number of nitrogens with one attached hydrogen (secondary N) is 1. The van der Waals surface area contributed by atoms with Gasteiger partial charge >= 0.3 is 0 Å². The average molecular weight is 265 g/mol. The summed E-state index contributed by atoms with van der Waals surface area (Å²) < 4.78 is 7.28. The molecule has 0 aromatic carbocycles. The number of nitrogens with zero attached hydrogens (tertiary/aromatic N) is 2. The summed E-state index contributed by atoms with van der Waals surface area (Å²) in [5, 5.41) is 7.25. The van der Waals surface area contributed by atoms with Gasteiger partial charge in [0.15, 0.2) is 0 Å². The molecule has 2 rings (SSSR count). The molecule has 1 N–H and O–H groups in total. The second kappa shape index (κ2) is 6.70. The Morgan fingerprint density at radius 3 is 3.00 bits per heavy atom. The van der Waals surface area contributed by atoms with Gasteiger partial charge in [0.2, 0.25) is 5.91 Å². The maximum atomic E-state index is 11.8. The van der Waals surface area contributed by atoms with Crippen molar-refractivity contribution in [1.29, 1.82) is 0 Å². The zero-order chi connectivity index (χ0) is 13.7. The van der Waals surface area contributed by atoms with Crippen LogP contribution in [0.15, 0.2) is 12.4 Å². The van der Waals surface area contributed by atoms with Gasteiger partial charge in [-0.3, -0.25) is 9.48 Å². The van der Waals surface area contributed by atoms with Gasteiger partial charge in [-0.1, -0.05) is 20.3 Å². The van der Waals surface area contributed by atoms with E-state index in [1.165, 1.54) is 0 Å². The van der Waals surface area contributed by atoms with Crippen molar-refractivity contribution in [2.45, 2.75) is 45.6 Å². The number of amides is 1. The van der Waals surface area contributed by atoms with Crippen LogP contribution in [-0.4, -0.2) is 28.9 Å². The van der Waals surface area contributed by atoms with Gasteiger partial charge in [-0.25, -0.2) is 0 Å². The Balaban J connectivity index is 1.88. The smallest absolute Gasteiger partial charge is 0.224 e. The van der Waals surface area contributed by atoms with Crippen LogP contribution >= 0.6 is 0 Å². The summed E-state index contributed by atoms with van der Waals surface area (Å²) in [6.45, 7) is 5.77. The van der Waals surface area contributed by atoms with E-state index in [1.54, 1.807) is 6.20 Å². The Kier molecular flexibility index (Phi) is 4.96. The molecule has 1 unspecified atom stereocenters. The highest BCUT2D eigenvalue weighted by atomic mass is 16.5. The molecular formula is C14H23N3O2. The van der Waals surface area contributed by atoms with E-state index < -0.39 is 0 Å². The molecule has 1 saturated heterocycles. The molecule has 0 spiro atoms. The van der Waals surface area contributed by atoms with E-state index in [1.807, 2.05) is 10.9 Å². The van der Waals surface area contributed by atoms with E-state index in [2.05, 4.69) is 24.3 Å². The van der Waals surface area contributed by atoms with Gasteiger partial charge in [0.1, 0.15) is 0 Å². The van der Waals surface area contributed by atoms with Crippen LogP contribution in [0.5, 0.6) is 0 Å². The standard InChI is InChI=1S/C14H23N3O2/c1-3-11(2)8-14(18)16-12-9-15-17(10-12)13-4-6-19-7-5-13/h9-11,13H,3-8H2,1-2H3,(H,16,18). The van der Waals surface area contributed by atoms with Crippen molar-refractivity contribution in [2.75, 3.05) is 18.5 Å². The molecule has 0 bridgehead atoms. The third kappa shape index (κ3) is 4.06. The summed E-state index contributed by atoms with van der Waals surface area (Å²) in [4.78, 5) is 11.8. The minimum atomic E-state index is 0.0703. The molecule has 5 nitrogen and oxygen atoms in total. The number of carbonyl (C=O) groups excluding carboxylic acids is 1. The highest BCUT2D eigenvalue weighted by molar-refractivity contribution is 5.90. The van der Waals surface area contributed by atoms with Gasteiger partial charge in [0.25, 0.3) is 0 Å². The molecule has 0 saturated carbocycles. The molecule has 106 valence electrons. The third-order valence-electron chi connectivity index (χ3n) is 3.68. The molecule has 5 heteroatoms. The molecule has 1 aromatic heterocycles. The largest absolute Gasteiger partial charge is 0.381 e. The highest BCUT2D eigenvalue weighted by Crippen LogP contribution is 2.21. The maximum Gasteiger partial charge on any atom is 0.224 e. The Morgan fingerprint density at radius 1 is 1.58 bits per heavy atom. The Labute approximate surface area is 114 Å². The van der Waals surface area contributed by atoms with Gasteiger partial charge in [-0.05, 0) is 18.8 Å². The molecule has 1 aliphatic rings. The molecular weight excluding hydrogens is 242 g/mol. The summed E-state index contributed by atoms with van der Waals surface area (Å²) in [7, 11) is 0. The van der Waals surface area contributed by atoms with Crippen LogP contribution in [0, 0.1) is 5.92 Å². The lowest BCUT2D eigenvalue weighted by Gasteiger charge is -2.22. The maximum absolute atomic E-state index is 11.8. The van der Waals surface area contributed by atoms with Crippen LogP contribution in [0.1, 0.15) is 45.6 Å². The summed E-state index contributed by atoms with van der Waals surface area (Å²) in [5.74, 6) is 0.492. The lowest BCUT2D eigenvalue weighted by molar-refractivity contribution is -0.117. The fraction of sp³-hybridized carbons (Fsp3) is 0.714. The molecule has 19 heavy (non-hydrogen) atoms. The third-order valence-corrected chi connectivity index (χ3v) is 3.68. The first-order valence-electron chi connectivity index (χ1n) is 7.10. The van der Waals surface area contributed by atoms with Crippen LogP contribution in [-0.2, 0) is 9.53 Å². The summed E-state index contributed by atoms with van der Waals surface area (Å²) in [6, 6.07) is 0.397. The van der Waals surface area contributed by atoms with E-state index in [0.717, 1.165) is 38.2 Å². The number of ether oxygens (including phenoxy) is 1. The Morgan fingerprint density at radius 2 is 2.32 bits per heavy atom. The SMILES string of the molecule is CCC(C)CC(=O)Nc1cnn(C2CCOCC2)c1. The zero-order valence-electron chi connectivity index (χ0n) is 11.8. The molecule has 1 aliphatic heterocycles. The van der Waals surface area contributed by atoms with E-state index in [9.17, 15) is 4.79 Å². The van der Waals surface area contributed by atoms with E-state index in [0.29, 0.717) is 18.4 Å². The summed E-state index contributed by atoms with van der Waals surface area (Å²) >= 11 is 0. The fourth-order valence-corrected chi connectivity index (χ4v) is 2.22. The molecule has 0 radical (unpaired) electrons. The first-order chi connectivity index (χ1) is 9.19. The average Bonchev–Trinajstić information content (AvgIpc) is 2.88. The van der Waals surface area contributed by atoms with Crippen LogP contribution in [0.25, 0.3) is 0 Å². The van der Waals surface area contributed by atoms with Gasteiger partial charge in [0.05, 0.1) is 17.9 Å². The van der Waals surface area contributed by atoms with Gasteiger partial charge in [-0.2, -0.15) is 5.10 Å². The van der Waals surface area contributed by atoms with Crippen LogP contribution in [0.2, 0.25) is 0 Å².